The van der Waals surface area contributed by atoms with Crippen LogP contribution >= 0.6 is 11.3 Å². The van der Waals surface area contributed by atoms with Gasteiger partial charge in [0.25, 0.3) is 0 Å². The molecule has 2 rings (SSSR count). The Labute approximate surface area is 111 Å². The highest BCUT2D eigenvalue weighted by Gasteiger charge is 2.36. The number of nitrogens with zero attached hydrogens (tertiary/aromatic N) is 3. The standard InChI is InChI=1S/C9H4F6N4S/c10-8(11,12)5-1-3(18-7(16)19-5)4-2-17-6(20-4)9(13,14)15/h1-2H,(H2,16,18,19). The number of thiazole rings is 1. The zero-order chi connectivity index (χ0) is 15.1. The molecule has 0 fully saturated rings. The summed E-state index contributed by atoms with van der Waals surface area (Å²) in [6.07, 6.45) is -8.66. The molecule has 0 amide bonds. The van der Waals surface area contributed by atoms with Gasteiger partial charge in [-0.1, -0.05) is 0 Å². The Kier molecular flexibility index (Phi) is 3.32. The van der Waals surface area contributed by atoms with E-state index in [1.54, 1.807) is 0 Å². The normalized spacial score (nSPS) is 12.7. The van der Waals surface area contributed by atoms with E-state index in [1.165, 1.54) is 0 Å². The minimum Gasteiger partial charge on any atom is -0.368 e. The zero-order valence-electron chi connectivity index (χ0n) is 9.25. The molecule has 2 heterocycles. The van der Waals surface area contributed by atoms with Crippen LogP contribution in [-0.2, 0) is 12.4 Å². The maximum Gasteiger partial charge on any atom is 0.443 e. The predicted molar refractivity (Wildman–Crippen MR) is 57.6 cm³/mol. The highest BCUT2D eigenvalue weighted by molar-refractivity contribution is 7.15. The van der Waals surface area contributed by atoms with Crippen LogP contribution in [0.1, 0.15) is 10.7 Å². The monoisotopic (exact) mass is 314 g/mol. The van der Waals surface area contributed by atoms with Gasteiger partial charge in [0.2, 0.25) is 5.95 Å². The van der Waals surface area contributed by atoms with Gasteiger partial charge in [-0.05, 0) is 6.07 Å². The third-order valence-corrected chi connectivity index (χ3v) is 3.10. The lowest BCUT2D eigenvalue weighted by Crippen LogP contribution is -2.11. The number of anilines is 1. The molecule has 0 saturated heterocycles. The van der Waals surface area contributed by atoms with Gasteiger partial charge in [0.15, 0.2) is 10.7 Å². The quantitative estimate of drug-likeness (QED) is 0.821. The lowest BCUT2D eigenvalue weighted by Gasteiger charge is -2.07. The van der Waals surface area contributed by atoms with Crippen LogP contribution in [-0.4, -0.2) is 15.0 Å². The summed E-state index contributed by atoms with van der Waals surface area (Å²) in [6, 6.07) is 0.518. The van der Waals surface area contributed by atoms with Crippen LogP contribution in [0.25, 0.3) is 10.6 Å². The number of rotatable bonds is 1. The molecule has 108 valence electrons. The molecule has 0 atom stereocenters. The first-order valence-corrected chi connectivity index (χ1v) is 5.64. The van der Waals surface area contributed by atoms with E-state index in [0.29, 0.717) is 6.07 Å². The third kappa shape index (κ3) is 2.98. The number of halogens is 6. The molecule has 0 bridgehead atoms. The SMILES string of the molecule is Nc1nc(-c2cnc(C(F)(F)F)s2)cc(C(F)(F)F)n1. The number of hydrogen-bond donors (Lipinski definition) is 1. The lowest BCUT2D eigenvalue weighted by molar-refractivity contribution is -0.141. The second-order valence-electron chi connectivity index (χ2n) is 3.52. The number of aromatic nitrogens is 3. The molecule has 2 aromatic heterocycles. The van der Waals surface area contributed by atoms with Crippen molar-refractivity contribution in [1.82, 2.24) is 15.0 Å². The fraction of sp³-hybridized carbons (Fsp3) is 0.222. The molecule has 0 unspecified atom stereocenters. The highest BCUT2D eigenvalue weighted by Crippen LogP contribution is 2.37. The largest absolute Gasteiger partial charge is 0.443 e. The maximum atomic E-state index is 12.5. The Morgan fingerprint density at radius 3 is 2.15 bits per heavy atom. The van der Waals surface area contributed by atoms with Crippen molar-refractivity contribution in [2.24, 2.45) is 0 Å². The van der Waals surface area contributed by atoms with Gasteiger partial charge >= 0.3 is 12.4 Å². The van der Waals surface area contributed by atoms with Gasteiger partial charge in [0.1, 0.15) is 0 Å². The van der Waals surface area contributed by atoms with E-state index in [0.717, 1.165) is 6.20 Å². The number of alkyl halides is 6. The lowest BCUT2D eigenvalue weighted by atomic mass is 10.3. The van der Waals surface area contributed by atoms with E-state index in [1.807, 2.05) is 0 Å². The molecule has 0 spiro atoms. The van der Waals surface area contributed by atoms with Crippen LogP contribution in [0, 0.1) is 0 Å². The highest BCUT2D eigenvalue weighted by atomic mass is 32.1. The molecule has 11 heteroatoms. The van der Waals surface area contributed by atoms with E-state index in [4.69, 9.17) is 5.73 Å². The van der Waals surface area contributed by atoms with Crippen LogP contribution in [0.4, 0.5) is 32.3 Å². The Hall–Kier alpha value is -1.91. The number of nitrogen functional groups attached to an aromatic ring is 1. The van der Waals surface area contributed by atoms with Crippen molar-refractivity contribution < 1.29 is 26.3 Å². The Balaban J connectivity index is 2.48. The summed E-state index contributed by atoms with van der Waals surface area (Å²) < 4.78 is 74.7. The van der Waals surface area contributed by atoms with Gasteiger partial charge in [0, 0.05) is 6.20 Å². The topological polar surface area (TPSA) is 64.7 Å². The van der Waals surface area contributed by atoms with Gasteiger partial charge in [-0.2, -0.15) is 26.3 Å². The van der Waals surface area contributed by atoms with Crippen molar-refractivity contribution in [2.45, 2.75) is 12.4 Å². The van der Waals surface area contributed by atoms with Gasteiger partial charge in [-0.25, -0.2) is 15.0 Å². The number of nitrogens with two attached hydrogens (primary N) is 1. The second-order valence-corrected chi connectivity index (χ2v) is 4.55. The molecule has 0 aliphatic carbocycles. The van der Waals surface area contributed by atoms with Crippen molar-refractivity contribution in [3.63, 3.8) is 0 Å². The Morgan fingerprint density at radius 1 is 1.00 bits per heavy atom. The van der Waals surface area contributed by atoms with Crippen LogP contribution in [0.15, 0.2) is 12.3 Å². The third-order valence-electron chi connectivity index (χ3n) is 2.03. The Bertz CT molecular complexity index is 632. The molecule has 0 aliphatic rings. The Morgan fingerprint density at radius 2 is 1.65 bits per heavy atom. The zero-order valence-corrected chi connectivity index (χ0v) is 10.1. The molecule has 2 aromatic rings. The summed E-state index contributed by atoms with van der Waals surface area (Å²) >= 11 is 0.172. The first-order valence-electron chi connectivity index (χ1n) is 4.82. The predicted octanol–water partition coefficient (Wildman–Crippen LogP) is 3.22. The van der Waals surface area contributed by atoms with E-state index in [2.05, 4.69) is 15.0 Å². The second kappa shape index (κ2) is 4.58. The minimum absolute atomic E-state index is 0.172. The summed E-state index contributed by atoms with van der Waals surface area (Å²) in [4.78, 5) is 9.39. The minimum atomic E-state index is -4.77. The summed E-state index contributed by atoms with van der Waals surface area (Å²) in [5.74, 6) is -0.684. The summed E-state index contributed by atoms with van der Waals surface area (Å²) in [7, 11) is 0. The van der Waals surface area contributed by atoms with Gasteiger partial charge < -0.3 is 5.73 Å². The van der Waals surface area contributed by atoms with Crippen LogP contribution in [0.3, 0.4) is 0 Å². The first-order chi connectivity index (χ1) is 9.07. The molecular weight excluding hydrogens is 310 g/mol. The molecule has 0 aliphatic heterocycles. The molecule has 0 radical (unpaired) electrons. The summed E-state index contributed by atoms with van der Waals surface area (Å²) in [5.41, 5.74) is 3.43. The van der Waals surface area contributed by atoms with Crippen LogP contribution < -0.4 is 5.73 Å². The molecular formula is C9H4F6N4S. The first kappa shape index (κ1) is 14.5. The van der Waals surface area contributed by atoms with Crippen LogP contribution in [0.5, 0.6) is 0 Å². The molecule has 4 nitrogen and oxygen atoms in total. The summed E-state index contributed by atoms with van der Waals surface area (Å²) in [5, 5.41) is -1.18. The van der Waals surface area contributed by atoms with E-state index in [-0.39, 0.29) is 21.9 Å². The fourth-order valence-corrected chi connectivity index (χ4v) is 2.00. The molecule has 20 heavy (non-hydrogen) atoms. The fourth-order valence-electron chi connectivity index (χ4n) is 1.26. The van der Waals surface area contributed by atoms with Gasteiger partial charge in [-0.3, -0.25) is 0 Å². The van der Waals surface area contributed by atoms with Crippen molar-refractivity contribution in [3.05, 3.63) is 23.0 Å². The average molecular weight is 314 g/mol. The van der Waals surface area contributed by atoms with Gasteiger partial charge in [0.05, 0.1) is 10.6 Å². The smallest absolute Gasteiger partial charge is 0.368 e. The summed E-state index contributed by atoms with van der Waals surface area (Å²) in [6.45, 7) is 0. The van der Waals surface area contributed by atoms with Crippen LogP contribution in [0.2, 0.25) is 0 Å². The van der Waals surface area contributed by atoms with E-state index < -0.39 is 29.0 Å². The van der Waals surface area contributed by atoms with E-state index in [9.17, 15) is 26.3 Å². The molecule has 0 saturated carbocycles. The van der Waals surface area contributed by atoms with Crippen molar-refractivity contribution in [2.75, 3.05) is 5.73 Å². The molecule has 2 N–H and O–H groups in total. The number of hydrogen-bond acceptors (Lipinski definition) is 5. The average Bonchev–Trinajstić information content (AvgIpc) is 2.75. The van der Waals surface area contributed by atoms with Crippen molar-refractivity contribution in [3.8, 4) is 10.6 Å². The van der Waals surface area contributed by atoms with E-state index >= 15 is 0 Å². The molecule has 0 aromatic carbocycles. The van der Waals surface area contributed by atoms with Crippen molar-refractivity contribution >= 4 is 17.3 Å². The van der Waals surface area contributed by atoms with Gasteiger partial charge in [-0.15, -0.1) is 11.3 Å². The van der Waals surface area contributed by atoms with Crippen molar-refractivity contribution in [1.29, 1.82) is 0 Å². The maximum absolute atomic E-state index is 12.5.